The number of nitrogens with zero attached hydrogens (tertiary/aromatic N) is 2. The van der Waals surface area contributed by atoms with Gasteiger partial charge in [0.05, 0.1) is 11.6 Å². The number of amides is 1. The van der Waals surface area contributed by atoms with Crippen LogP contribution in [0.1, 0.15) is 38.5 Å². The lowest BCUT2D eigenvalue weighted by Gasteiger charge is -2.63. The third-order valence-electron chi connectivity index (χ3n) is 6.96. The SMILES string of the molecule is COC1CN(C2CCN(C(=O)C3CCOCC3)CC2)C12CCOCC2. The second-order valence-electron chi connectivity index (χ2n) is 8.04. The van der Waals surface area contributed by atoms with Crippen molar-refractivity contribution in [2.45, 2.75) is 56.2 Å². The van der Waals surface area contributed by atoms with Gasteiger partial charge in [0.15, 0.2) is 0 Å². The van der Waals surface area contributed by atoms with Crippen LogP contribution in [0.3, 0.4) is 0 Å². The Bertz CT molecular complexity index is 466. The molecule has 4 aliphatic rings. The van der Waals surface area contributed by atoms with Crippen molar-refractivity contribution in [1.82, 2.24) is 9.80 Å². The number of ether oxygens (including phenoxy) is 3. The minimum Gasteiger partial charge on any atom is -0.381 e. The summed E-state index contributed by atoms with van der Waals surface area (Å²) >= 11 is 0. The van der Waals surface area contributed by atoms with E-state index in [1.54, 1.807) is 0 Å². The van der Waals surface area contributed by atoms with Crippen LogP contribution >= 0.6 is 0 Å². The molecule has 1 atom stereocenters. The summed E-state index contributed by atoms with van der Waals surface area (Å²) in [6.45, 7) is 6.01. The van der Waals surface area contributed by atoms with Crippen molar-refractivity contribution in [3.8, 4) is 0 Å². The molecule has 0 aromatic rings. The highest BCUT2D eigenvalue weighted by molar-refractivity contribution is 5.79. The molecule has 0 saturated carbocycles. The Hall–Kier alpha value is -0.690. The van der Waals surface area contributed by atoms with Gasteiger partial charge in [-0.05, 0) is 38.5 Å². The maximum absolute atomic E-state index is 12.7. The van der Waals surface area contributed by atoms with E-state index in [0.29, 0.717) is 18.1 Å². The molecule has 1 unspecified atom stereocenters. The van der Waals surface area contributed by atoms with Gasteiger partial charge in [-0.2, -0.15) is 0 Å². The summed E-state index contributed by atoms with van der Waals surface area (Å²) in [5.41, 5.74) is 0.185. The minimum atomic E-state index is 0.185. The highest BCUT2D eigenvalue weighted by Crippen LogP contribution is 2.44. The maximum atomic E-state index is 12.7. The Morgan fingerprint density at radius 3 is 2.28 bits per heavy atom. The van der Waals surface area contributed by atoms with Crippen molar-refractivity contribution in [3.05, 3.63) is 0 Å². The molecule has 1 spiro atoms. The fourth-order valence-corrected chi connectivity index (χ4v) is 5.34. The highest BCUT2D eigenvalue weighted by atomic mass is 16.5. The topological polar surface area (TPSA) is 51.2 Å². The summed E-state index contributed by atoms with van der Waals surface area (Å²) < 4.78 is 16.8. The fraction of sp³-hybridized carbons (Fsp3) is 0.947. The van der Waals surface area contributed by atoms with E-state index in [4.69, 9.17) is 14.2 Å². The number of carbonyl (C=O) groups is 1. The lowest BCUT2D eigenvalue weighted by Crippen LogP contribution is -2.75. The summed E-state index contributed by atoms with van der Waals surface area (Å²) in [6.07, 6.45) is 6.47. The largest absolute Gasteiger partial charge is 0.381 e. The second-order valence-corrected chi connectivity index (χ2v) is 8.04. The van der Waals surface area contributed by atoms with Crippen molar-refractivity contribution in [1.29, 1.82) is 0 Å². The second kappa shape index (κ2) is 7.51. The van der Waals surface area contributed by atoms with Crippen LogP contribution in [0, 0.1) is 5.92 Å². The third kappa shape index (κ3) is 3.22. The van der Waals surface area contributed by atoms with E-state index in [1.807, 2.05) is 7.11 Å². The lowest BCUT2D eigenvalue weighted by molar-refractivity contribution is -0.208. The molecular weight excluding hydrogens is 320 g/mol. The molecule has 0 aliphatic carbocycles. The Balaban J connectivity index is 1.33. The van der Waals surface area contributed by atoms with Crippen LogP contribution in [0.15, 0.2) is 0 Å². The molecule has 4 fully saturated rings. The van der Waals surface area contributed by atoms with Gasteiger partial charge in [0, 0.05) is 65.1 Å². The molecule has 4 rings (SSSR count). The van der Waals surface area contributed by atoms with Crippen molar-refractivity contribution >= 4 is 5.91 Å². The molecule has 6 nitrogen and oxygen atoms in total. The van der Waals surface area contributed by atoms with Crippen LogP contribution < -0.4 is 0 Å². The zero-order chi connectivity index (χ0) is 17.3. The molecule has 6 heteroatoms. The average molecular weight is 352 g/mol. The molecule has 4 heterocycles. The fourth-order valence-electron chi connectivity index (χ4n) is 5.34. The van der Waals surface area contributed by atoms with E-state index in [1.165, 1.54) is 0 Å². The van der Waals surface area contributed by atoms with E-state index in [2.05, 4.69) is 9.80 Å². The smallest absolute Gasteiger partial charge is 0.225 e. The van der Waals surface area contributed by atoms with Gasteiger partial charge >= 0.3 is 0 Å². The van der Waals surface area contributed by atoms with E-state index < -0.39 is 0 Å². The molecule has 142 valence electrons. The van der Waals surface area contributed by atoms with Gasteiger partial charge in [-0.15, -0.1) is 0 Å². The quantitative estimate of drug-likeness (QED) is 0.766. The summed E-state index contributed by atoms with van der Waals surface area (Å²) in [5.74, 6) is 0.551. The van der Waals surface area contributed by atoms with Crippen molar-refractivity contribution < 1.29 is 19.0 Å². The van der Waals surface area contributed by atoms with Gasteiger partial charge in [0.2, 0.25) is 5.91 Å². The van der Waals surface area contributed by atoms with Crippen LogP contribution in [-0.2, 0) is 19.0 Å². The zero-order valence-electron chi connectivity index (χ0n) is 15.5. The monoisotopic (exact) mass is 352 g/mol. The molecular formula is C19H32N2O4. The predicted octanol–water partition coefficient (Wildman–Crippen LogP) is 1.28. The number of rotatable bonds is 3. The first-order valence-corrected chi connectivity index (χ1v) is 9.98. The van der Waals surface area contributed by atoms with Crippen molar-refractivity contribution in [2.24, 2.45) is 5.92 Å². The number of hydrogen-bond donors (Lipinski definition) is 0. The maximum Gasteiger partial charge on any atom is 0.225 e. The number of piperidine rings is 1. The Morgan fingerprint density at radius 1 is 1.00 bits per heavy atom. The Kier molecular flexibility index (Phi) is 5.32. The van der Waals surface area contributed by atoms with Crippen LogP contribution in [-0.4, -0.2) is 86.6 Å². The van der Waals surface area contributed by atoms with Gasteiger partial charge in [-0.3, -0.25) is 9.69 Å². The van der Waals surface area contributed by atoms with Gasteiger partial charge < -0.3 is 19.1 Å². The van der Waals surface area contributed by atoms with Gasteiger partial charge in [0.25, 0.3) is 0 Å². The Labute approximate surface area is 150 Å². The van der Waals surface area contributed by atoms with Gasteiger partial charge in [0.1, 0.15) is 0 Å². The van der Waals surface area contributed by atoms with E-state index in [9.17, 15) is 4.79 Å². The molecule has 1 amide bonds. The first-order valence-electron chi connectivity index (χ1n) is 9.98. The zero-order valence-corrected chi connectivity index (χ0v) is 15.5. The van der Waals surface area contributed by atoms with Gasteiger partial charge in [-0.1, -0.05) is 0 Å². The normalized spacial score (nSPS) is 31.9. The van der Waals surface area contributed by atoms with Gasteiger partial charge in [-0.25, -0.2) is 0 Å². The first-order chi connectivity index (χ1) is 12.2. The predicted molar refractivity (Wildman–Crippen MR) is 93.4 cm³/mol. The Morgan fingerprint density at radius 2 is 1.64 bits per heavy atom. The molecule has 4 saturated heterocycles. The molecule has 0 aromatic carbocycles. The number of carbonyl (C=O) groups excluding carboxylic acids is 1. The minimum absolute atomic E-state index is 0.185. The van der Waals surface area contributed by atoms with Crippen LogP contribution in [0.5, 0.6) is 0 Å². The average Bonchev–Trinajstić information content (AvgIpc) is 2.69. The van der Waals surface area contributed by atoms with E-state index in [-0.39, 0.29) is 11.5 Å². The third-order valence-corrected chi connectivity index (χ3v) is 6.96. The molecule has 0 bridgehead atoms. The molecule has 25 heavy (non-hydrogen) atoms. The standard InChI is InChI=1S/C19H32N2O4/c1-23-17-14-21(19(17)6-12-25-13-7-19)16-2-8-20(9-3-16)18(22)15-4-10-24-11-5-15/h15-17H,2-14H2,1H3. The molecule has 0 aromatic heterocycles. The summed E-state index contributed by atoms with van der Waals surface area (Å²) in [5, 5.41) is 0. The number of likely N-dealkylation sites (tertiary alicyclic amines) is 2. The molecule has 0 N–H and O–H groups in total. The summed E-state index contributed by atoms with van der Waals surface area (Å²) in [4.78, 5) is 17.5. The summed E-state index contributed by atoms with van der Waals surface area (Å²) in [6, 6.07) is 0.586. The molecule has 0 radical (unpaired) electrons. The first kappa shape index (κ1) is 17.7. The van der Waals surface area contributed by atoms with E-state index in [0.717, 1.165) is 84.6 Å². The number of hydrogen-bond acceptors (Lipinski definition) is 5. The van der Waals surface area contributed by atoms with Crippen LogP contribution in [0.2, 0.25) is 0 Å². The molecule has 4 aliphatic heterocycles. The lowest BCUT2D eigenvalue weighted by atomic mass is 9.73. The summed E-state index contributed by atoms with van der Waals surface area (Å²) in [7, 11) is 1.84. The number of methoxy groups -OCH3 is 1. The van der Waals surface area contributed by atoms with Crippen molar-refractivity contribution in [3.63, 3.8) is 0 Å². The highest BCUT2D eigenvalue weighted by Gasteiger charge is 2.56. The van der Waals surface area contributed by atoms with E-state index >= 15 is 0 Å². The van der Waals surface area contributed by atoms with Crippen molar-refractivity contribution in [2.75, 3.05) is 53.2 Å². The van der Waals surface area contributed by atoms with Crippen LogP contribution in [0.25, 0.3) is 0 Å². The van der Waals surface area contributed by atoms with Crippen LogP contribution in [0.4, 0.5) is 0 Å².